The Hall–Kier alpha value is -2.21. The first-order chi connectivity index (χ1) is 13.2. The van der Waals surface area contributed by atoms with E-state index in [-0.39, 0.29) is 18.5 Å². The van der Waals surface area contributed by atoms with Gasteiger partial charge >= 0.3 is 0 Å². The summed E-state index contributed by atoms with van der Waals surface area (Å²) in [4.78, 5) is 13.6. The zero-order chi connectivity index (χ0) is 18.6. The van der Waals surface area contributed by atoms with Crippen LogP contribution in [0.3, 0.4) is 0 Å². The molecule has 27 heavy (non-hydrogen) atoms. The highest BCUT2D eigenvalue weighted by Crippen LogP contribution is 2.30. The molecular formula is C21H27FN4O. The van der Waals surface area contributed by atoms with Crippen molar-refractivity contribution in [3.63, 3.8) is 0 Å². The first kappa shape index (κ1) is 18.2. The Morgan fingerprint density at radius 2 is 1.59 bits per heavy atom. The molecule has 2 fully saturated rings. The van der Waals surface area contributed by atoms with Crippen molar-refractivity contribution in [2.75, 3.05) is 29.5 Å². The zero-order valence-corrected chi connectivity index (χ0v) is 15.6. The molecule has 1 aromatic carbocycles. The minimum Gasteiger partial charge on any atom is -0.394 e. The van der Waals surface area contributed by atoms with E-state index >= 15 is 0 Å². The number of aliphatic hydroxyl groups is 1. The molecule has 6 heteroatoms. The fraction of sp³-hybridized carbons (Fsp3) is 0.524. The average molecular weight is 370 g/mol. The molecule has 144 valence electrons. The van der Waals surface area contributed by atoms with E-state index in [9.17, 15) is 9.50 Å². The van der Waals surface area contributed by atoms with Crippen LogP contribution in [0.5, 0.6) is 0 Å². The minimum atomic E-state index is -0.192. The number of halogens is 1. The summed E-state index contributed by atoms with van der Waals surface area (Å²) >= 11 is 0. The predicted molar refractivity (Wildman–Crippen MR) is 105 cm³/mol. The summed E-state index contributed by atoms with van der Waals surface area (Å²) in [7, 11) is 0. The Balaban J connectivity index is 1.52. The molecule has 0 saturated carbocycles. The van der Waals surface area contributed by atoms with E-state index in [0.717, 1.165) is 68.8 Å². The molecule has 0 spiro atoms. The second-order valence-electron chi connectivity index (χ2n) is 7.58. The van der Waals surface area contributed by atoms with Gasteiger partial charge in [0.05, 0.1) is 12.6 Å². The van der Waals surface area contributed by atoms with Gasteiger partial charge in [0.25, 0.3) is 0 Å². The molecule has 0 bridgehead atoms. The molecule has 5 nitrogen and oxygen atoms in total. The molecule has 0 aliphatic carbocycles. The number of rotatable bonds is 5. The number of nitrogens with zero attached hydrogens (tertiary/aromatic N) is 4. The van der Waals surface area contributed by atoms with Crippen molar-refractivity contribution < 1.29 is 9.50 Å². The van der Waals surface area contributed by atoms with Gasteiger partial charge in [0.2, 0.25) is 0 Å². The third kappa shape index (κ3) is 4.05. The Kier molecular flexibility index (Phi) is 5.53. The van der Waals surface area contributed by atoms with Crippen molar-refractivity contribution in [1.82, 2.24) is 9.97 Å². The normalized spacial score (nSPS) is 23.0. The van der Waals surface area contributed by atoms with Gasteiger partial charge in [-0.15, -0.1) is 0 Å². The smallest absolute Gasteiger partial charge is 0.134 e. The van der Waals surface area contributed by atoms with Crippen LogP contribution in [-0.4, -0.2) is 46.9 Å². The summed E-state index contributed by atoms with van der Waals surface area (Å²) in [5.41, 5.74) is 1.15. The lowest BCUT2D eigenvalue weighted by molar-refractivity contribution is 0.239. The quantitative estimate of drug-likeness (QED) is 0.876. The van der Waals surface area contributed by atoms with Crippen LogP contribution >= 0.6 is 0 Å². The van der Waals surface area contributed by atoms with Crippen molar-refractivity contribution in [3.8, 4) is 0 Å². The van der Waals surface area contributed by atoms with Crippen molar-refractivity contribution in [2.45, 2.75) is 50.6 Å². The molecule has 1 aromatic heterocycles. The van der Waals surface area contributed by atoms with Gasteiger partial charge in [-0.3, -0.25) is 0 Å². The predicted octanol–water partition coefficient (Wildman–Crippen LogP) is 3.18. The molecule has 0 amide bonds. The van der Waals surface area contributed by atoms with E-state index in [0.29, 0.717) is 6.04 Å². The minimum absolute atomic E-state index is 0.148. The largest absolute Gasteiger partial charge is 0.394 e. The van der Waals surface area contributed by atoms with Crippen molar-refractivity contribution in [2.24, 2.45) is 0 Å². The molecule has 2 aliphatic rings. The topological polar surface area (TPSA) is 52.5 Å². The van der Waals surface area contributed by atoms with Crippen LogP contribution in [0, 0.1) is 5.82 Å². The standard InChI is InChI=1S/C21H27FN4O/c22-17-8-6-16(7-9-17)12-18-5-3-11-25(18)20-13-21(24-15-23-20)26-10-2-1-4-19(26)14-27/h6-9,13,15,18-19,27H,1-5,10-12,14H2. The van der Waals surface area contributed by atoms with Gasteiger partial charge in [0.15, 0.2) is 0 Å². The van der Waals surface area contributed by atoms with Gasteiger partial charge in [-0.05, 0) is 56.2 Å². The maximum absolute atomic E-state index is 13.2. The first-order valence-electron chi connectivity index (χ1n) is 9.95. The van der Waals surface area contributed by atoms with Crippen LogP contribution < -0.4 is 9.80 Å². The van der Waals surface area contributed by atoms with Gasteiger partial charge in [-0.1, -0.05) is 12.1 Å². The van der Waals surface area contributed by atoms with Crippen molar-refractivity contribution in [1.29, 1.82) is 0 Å². The lowest BCUT2D eigenvalue weighted by atomic mass is 10.0. The molecule has 2 saturated heterocycles. The van der Waals surface area contributed by atoms with E-state index in [1.165, 1.54) is 12.1 Å². The number of aromatic nitrogens is 2. The Bertz CT molecular complexity index is 754. The number of aliphatic hydroxyl groups excluding tert-OH is 1. The van der Waals surface area contributed by atoms with Gasteiger partial charge in [-0.2, -0.15) is 0 Å². The van der Waals surface area contributed by atoms with E-state index in [1.54, 1.807) is 6.33 Å². The summed E-state index contributed by atoms with van der Waals surface area (Å²) in [5.74, 6) is 1.67. The molecule has 2 unspecified atom stereocenters. The second-order valence-corrected chi connectivity index (χ2v) is 7.58. The summed E-state index contributed by atoms with van der Waals surface area (Å²) in [6, 6.07) is 9.39. The van der Waals surface area contributed by atoms with Crippen molar-refractivity contribution >= 4 is 11.6 Å². The number of benzene rings is 1. The molecule has 2 aromatic rings. The van der Waals surface area contributed by atoms with Gasteiger partial charge < -0.3 is 14.9 Å². The highest BCUT2D eigenvalue weighted by atomic mass is 19.1. The van der Waals surface area contributed by atoms with Crippen LogP contribution in [0.25, 0.3) is 0 Å². The highest BCUT2D eigenvalue weighted by Gasteiger charge is 2.28. The van der Waals surface area contributed by atoms with Crippen LogP contribution in [0.15, 0.2) is 36.7 Å². The van der Waals surface area contributed by atoms with Crippen LogP contribution in [0.2, 0.25) is 0 Å². The van der Waals surface area contributed by atoms with Crippen molar-refractivity contribution in [3.05, 3.63) is 48.0 Å². The summed E-state index contributed by atoms with van der Waals surface area (Å²) < 4.78 is 13.2. The van der Waals surface area contributed by atoms with Crippen LogP contribution in [0.1, 0.15) is 37.7 Å². The zero-order valence-electron chi connectivity index (χ0n) is 15.6. The van der Waals surface area contributed by atoms with Gasteiger partial charge in [0, 0.05) is 25.2 Å². The van der Waals surface area contributed by atoms with E-state index in [2.05, 4.69) is 25.8 Å². The number of anilines is 2. The second kappa shape index (κ2) is 8.21. The summed E-state index contributed by atoms with van der Waals surface area (Å²) in [6.45, 7) is 2.07. The Morgan fingerprint density at radius 1 is 0.926 bits per heavy atom. The number of piperidine rings is 1. The fourth-order valence-electron chi connectivity index (χ4n) is 4.39. The monoisotopic (exact) mass is 370 g/mol. The van der Waals surface area contributed by atoms with Gasteiger partial charge in [0.1, 0.15) is 23.8 Å². The Morgan fingerprint density at radius 3 is 2.33 bits per heavy atom. The average Bonchev–Trinajstić information content (AvgIpc) is 3.18. The van der Waals surface area contributed by atoms with E-state index in [4.69, 9.17) is 0 Å². The Labute approximate surface area is 159 Å². The third-order valence-electron chi connectivity index (χ3n) is 5.83. The molecule has 3 heterocycles. The van der Waals surface area contributed by atoms with Gasteiger partial charge in [-0.25, -0.2) is 14.4 Å². The SMILES string of the molecule is OCC1CCCCN1c1cc(N2CCCC2Cc2ccc(F)cc2)ncn1. The summed E-state index contributed by atoms with van der Waals surface area (Å²) in [6.07, 6.45) is 8.07. The third-order valence-corrected chi connectivity index (χ3v) is 5.83. The maximum Gasteiger partial charge on any atom is 0.134 e. The molecule has 2 aliphatic heterocycles. The first-order valence-corrected chi connectivity index (χ1v) is 9.95. The number of hydrogen-bond donors (Lipinski definition) is 1. The molecular weight excluding hydrogens is 343 g/mol. The van der Waals surface area contributed by atoms with Crippen LogP contribution in [-0.2, 0) is 6.42 Å². The van der Waals surface area contributed by atoms with Crippen LogP contribution in [0.4, 0.5) is 16.0 Å². The molecule has 2 atom stereocenters. The highest BCUT2D eigenvalue weighted by molar-refractivity contribution is 5.52. The maximum atomic E-state index is 13.2. The molecule has 0 radical (unpaired) electrons. The fourth-order valence-corrected chi connectivity index (χ4v) is 4.39. The summed E-state index contributed by atoms with van der Waals surface area (Å²) in [5, 5.41) is 9.71. The van der Waals surface area contributed by atoms with E-state index in [1.807, 2.05) is 12.1 Å². The lowest BCUT2D eigenvalue weighted by Gasteiger charge is -2.36. The van der Waals surface area contributed by atoms with E-state index < -0.39 is 0 Å². The number of hydrogen-bond acceptors (Lipinski definition) is 5. The molecule has 1 N–H and O–H groups in total. The lowest BCUT2D eigenvalue weighted by Crippen LogP contribution is -2.42. The molecule has 4 rings (SSSR count).